The van der Waals surface area contributed by atoms with E-state index in [0.717, 1.165) is 24.9 Å². The molecule has 1 N–H and O–H groups in total. The molecule has 1 aromatic carbocycles. The van der Waals surface area contributed by atoms with Crippen LogP contribution in [0.25, 0.3) is 17.1 Å². The van der Waals surface area contributed by atoms with Crippen molar-refractivity contribution < 1.29 is 14.0 Å². The molecule has 1 saturated heterocycles. The first-order valence-electron chi connectivity index (χ1n) is 9.99. The third-order valence-electron chi connectivity index (χ3n) is 4.92. The molecule has 0 bridgehead atoms. The summed E-state index contributed by atoms with van der Waals surface area (Å²) in [5.41, 5.74) is 4.72. The highest BCUT2D eigenvalue weighted by molar-refractivity contribution is 5.89. The number of hydrazone groups is 1. The number of amides is 2. The first kappa shape index (κ1) is 19.6. The van der Waals surface area contributed by atoms with Crippen molar-refractivity contribution in [2.75, 3.05) is 13.1 Å². The molecule has 1 fully saturated rings. The SMILES string of the molecule is O=C(CN1CCCCCC1=O)N/N=C\c1cn(-c2ccccc2)nc1-c1ccco1. The Morgan fingerprint density at radius 2 is 2.03 bits per heavy atom. The first-order chi connectivity index (χ1) is 14.7. The number of hydrogen-bond acceptors (Lipinski definition) is 5. The zero-order valence-electron chi connectivity index (χ0n) is 16.5. The summed E-state index contributed by atoms with van der Waals surface area (Å²) in [4.78, 5) is 25.9. The molecule has 0 spiro atoms. The fourth-order valence-corrected chi connectivity index (χ4v) is 3.39. The van der Waals surface area contributed by atoms with Crippen LogP contribution in [0.5, 0.6) is 0 Å². The summed E-state index contributed by atoms with van der Waals surface area (Å²) in [5, 5.41) is 8.68. The summed E-state index contributed by atoms with van der Waals surface area (Å²) >= 11 is 0. The van der Waals surface area contributed by atoms with E-state index >= 15 is 0 Å². The Labute approximate surface area is 174 Å². The lowest BCUT2D eigenvalue weighted by Crippen LogP contribution is -2.39. The van der Waals surface area contributed by atoms with E-state index in [4.69, 9.17) is 4.42 Å². The maximum absolute atomic E-state index is 12.2. The van der Waals surface area contributed by atoms with Crippen LogP contribution in [-0.4, -0.2) is 45.8 Å². The Morgan fingerprint density at radius 1 is 1.17 bits per heavy atom. The molecule has 154 valence electrons. The van der Waals surface area contributed by atoms with E-state index in [-0.39, 0.29) is 18.4 Å². The van der Waals surface area contributed by atoms with Gasteiger partial charge in [-0.15, -0.1) is 0 Å². The van der Waals surface area contributed by atoms with Gasteiger partial charge < -0.3 is 9.32 Å². The Kier molecular flexibility index (Phi) is 6.03. The van der Waals surface area contributed by atoms with Crippen LogP contribution in [0.4, 0.5) is 0 Å². The highest BCUT2D eigenvalue weighted by atomic mass is 16.3. The lowest BCUT2D eigenvalue weighted by molar-refractivity contribution is -0.135. The topological polar surface area (TPSA) is 92.7 Å². The van der Waals surface area contributed by atoms with Gasteiger partial charge in [0.05, 0.1) is 18.2 Å². The second-order valence-corrected chi connectivity index (χ2v) is 7.11. The molecule has 2 amide bonds. The number of likely N-dealkylation sites (tertiary alicyclic amines) is 1. The normalized spacial score (nSPS) is 14.8. The predicted molar refractivity (Wildman–Crippen MR) is 112 cm³/mol. The van der Waals surface area contributed by atoms with E-state index in [1.807, 2.05) is 42.6 Å². The first-order valence-corrected chi connectivity index (χ1v) is 9.99. The fraction of sp³-hybridized carbons (Fsp3) is 0.273. The van der Waals surface area contributed by atoms with E-state index in [9.17, 15) is 9.59 Å². The predicted octanol–water partition coefficient (Wildman–Crippen LogP) is 2.99. The van der Waals surface area contributed by atoms with Gasteiger partial charge in [-0.05, 0) is 37.1 Å². The molecule has 3 heterocycles. The summed E-state index contributed by atoms with van der Waals surface area (Å²) in [7, 11) is 0. The zero-order valence-corrected chi connectivity index (χ0v) is 16.5. The Balaban J connectivity index is 1.48. The van der Waals surface area contributed by atoms with Crippen LogP contribution in [-0.2, 0) is 9.59 Å². The molecule has 1 aliphatic rings. The largest absolute Gasteiger partial charge is 0.463 e. The van der Waals surface area contributed by atoms with Crippen LogP contribution in [0.3, 0.4) is 0 Å². The number of nitrogens with one attached hydrogen (secondary N) is 1. The van der Waals surface area contributed by atoms with Crippen LogP contribution in [0.1, 0.15) is 31.2 Å². The summed E-state index contributed by atoms with van der Waals surface area (Å²) in [6.45, 7) is 0.632. The van der Waals surface area contributed by atoms with Crippen molar-refractivity contribution in [2.24, 2.45) is 5.10 Å². The smallest absolute Gasteiger partial charge is 0.259 e. The van der Waals surface area contributed by atoms with Crippen molar-refractivity contribution in [1.82, 2.24) is 20.1 Å². The lowest BCUT2D eigenvalue weighted by atomic mass is 10.2. The van der Waals surface area contributed by atoms with Crippen molar-refractivity contribution in [2.45, 2.75) is 25.7 Å². The summed E-state index contributed by atoms with van der Waals surface area (Å²) in [6, 6.07) is 13.3. The van der Waals surface area contributed by atoms with Gasteiger partial charge in [-0.3, -0.25) is 9.59 Å². The molecule has 8 nitrogen and oxygen atoms in total. The van der Waals surface area contributed by atoms with Crippen molar-refractivity contribution >= 4 is 18.0 Å². The lowest BCUT2D eigenvalue weighted by Gasteiger charge is -2.18. The Morgan fingerprint density at radius 3 is 2.83 bits per heavy atom. The maximum Gasteiger partial charge on any atom is 0.259 e. The van der Waals surface area contributed by atoms with Gasteiger partial charge in [-0.25, -0.2) is 10.1 Å². The summed E-state index contributed by atoms with van der Waals surface area (Å²) in [5.74, 6) is 0.306. The van der Waals surface area contributed by atoms with Gasteiger partial charge in [0, 0.05) is 24.7 Å². The highest BCUT2D eigenvalue weighted by Gasteiger charge is 2.19. The van der Waals surface area contributed by atoms with Gasteiger partial charge in [0.1, 0.15) is 12.2 Å². The van der Waals surface area contributed by atoms with Gasteiger partial charge in [-0.2, -0.15) is 10.2 Å². The minimum atomic E-state index is -0.323. The van der Waals surface area contributed by atoms with Crippen molar-refractivity contribution in [1.29, 1.82) is 0 Å². The molecule has 2 aromatic heterocycles. The van der Waals surface area contributed by atoms with Gasteiger partial charge >= 0.3 is 0 Å². The van der Waals surface area contributed by atoms with Crippen LogP contribution >= 0.6 is 0 Å². The zero-order chi connectivity index (χ0) is 20.8. The van der Waals surface area contributed by atoms with Crippen molar-refractivity contribution in [3.05, 3.63) is 60.5 Å². The molecule has 30 heavy (non-hydrogen) atoms. The molecular weight excluding hydrogens is 382 g/mol. The number of hydrogen-bond donors (Lipinski definition) is 1. The standard InChI is InChI=1S/C22H23N5O3/c28-20(16-26-12-6-2-5-11-21(26)29)24-23-14-17-15-27(18-8-3-1-4-9-18)25-22(17)19-10-7-13-30-19/h1,3-4,7-10,13-15H,2,5-6,11-12,16H2,(H,24,28)/b23-14-. The van der Waals surface area contributed by atoms with Gasteiger partial charge in [0.25, 0.3) is 5.91 Å². The molecule has 0 aliphatic carbocycles. The molecule has 0 saturated carbocycles. The molecular formula is C22H23N5O3. The Bertz CT molecular complexity index is 1020. The fourth-order valence-electron chi connectivity index (χ4n) is 3.39. The number of furan rings is 1. The van der Waals surface area contributed by atoms with E-state index in [0.29, 0.717) is 30.0 Å². The summed E-state index contributed by atoms with van der Waals surface area (Å²) in [6.07, 6.45) is 8.26. The third-order valence-corrected chi connectivity index (χ3v) is 4.92. The van der Waals surface area contributed by atoms with Crippen molar-refractivity contribution in [3.63, 3.8) is 0 Å². The maximum atomic E-state index is 12.2. The number of carbonyl (C=O) groups excluding carboxylic acids is 2. The molecule has 4 rings (SSSR count). The third kappa shape index (κ3) is 4.65. The number of aromatic nitrogens is 2. The van der Waals surface area contributed by atoms with E-state index in [1.54, 1.807) is 21.9 Å². The van der Waals surface area contributed by atoms with E-state index in [2.05, 4.69) is 15.6 Å². The molecule has 8 heteroatoms. The molecule has 0 radical (unpaired) electrons. The quantitative estimate of drug-likeness (QED) is 0.504. The second kappa shape index (κ2) is 9.21. The monoisotopic (exact) mass is 405 g/mol. The van der Waals surface area contributed by atoms with Gasteiger partial charge in [0.2, 0.25) is 5.91 Å². The van der Waals surface area contributed by atoms with Crippen LogP contribution in [0.15, 0.2) is 64.4 Å². The highest BCUT2D eigenvalue weighted by Crippen LogP contribution is 2.23. The average molecular weight is 405 g/mol. The number of benzene rings is 1. The number of carbonyl (C=O) groups is 2. The number of nitrogens with zero attached hydrogens (tertiary/aromatic N) is 4. The number of para-hydroxylation sites is 1. The molecule has 1 aliphatic heterocycles. The van der Waals surface area contributed by atoms with E-state index < -0.39 is 0 Å². The molecule has 3 aromatic rings. The summed E-state index contributed by atoms with van der Waals surface area (Å²) < 4.78 is 7.23. The average Bonchev–Trinajstić information content (AvgIpc) is 3.39. The van der Waals surface area contributed by atoms with Gasteiger partial charge in [0.15, 0.2) is 5.76 Å². The molecule has 0 unspecified atom stereocenters. The van der Waals surface area contributed by atoms with Crippen molar-refractivity contribution in [3.8, 4) is 17.1 Å². The van der Waals surface area contributed by atoms with E-state index in [1.165, 1.54) is 6.21 Å². The second-order valence-electron chi connectivity index (χ2n) is 7.11. The minimum Gasteiger partial charge on any atom is -0.463 e. The van der Waals surface area contributed by atoms with Crippen LogP contribution < -0.4 is 5.43 Å². The molecule has 0 atom stereocenters. The Hall–Kier alpha value is -3.68. The van der Waals surface area contributed by atoms with Crippen LogP contribution in [0, 0.1) is 0 Å². The van der Waals surface area contributed by atoms with Gasteiger partial charge in [-0.1, -0.05) is 24.6 Å². The van der Waals surface area contributed by atoms with Crippen LogP contribution in [0.2, 0.25) is 0 Å². The minimum absolute atomic E-state index is 0.0183. The number of rotatable bonds is 6.